The molecule has 2 aliphatic rings. The number of ether oxygens (including phenoxy) is 1. The van der Waals surface area contributed by atoms with Crippen LogP contribution in [0, 0.1) is 5.82 Å². The number of halogens is 1. The lowest BCUT2D eigenvalue weighted by atomic mass is 9.97. The van der Waals surface area contributed by atoms with Crippen LogP contribution in [0.15, 0.2) is 48.9 Å². The van der Waals surface area contributed by atoms with Crippen molar-refractivity contribution in [3.05, 3.63) is 71.6 Å². The van der Waals surface area contributed by atoms with Crippen LogP contribution in [0.1, 0.15) is 40.4 Å². The van der Waals surface area contributed by atoms with Gasteiger partial charge in [0.25, 0.3) is 5.91 Å². The number of aromatic amines is 1. The lowest BCUT2D eigenvalue weighted by molar-refractivity contribution is 0.0846. The molecule has 0 aliphatic carbocycles. The Morgan fingerprint density at radius 1 is 1.19 bits per heavy atom. The van der Waals surface area contributed by atoms with Crippen molar-refractivity contribution in [1.29, 1.82) is 0 Å². The van der Waals surface area contributed by atoms with Crippen molar-refractivity contribution in [3.63, 3.8) is 0 Å². The van der Waals surface area contributed by atoms with Crippen LogP contribution in [0.5, 0.6) is 0 Å². The maximum absolute atomic E-state index is 13.6. The first-order valence-corrected chi connectivity index (χ1v) is 10.8. The van der Waals surface area contributed by atoms with Crippen molar-refractivity contribution in [3.8, 4) is 11.3 Å². The van der Waals surface area contributed by atoms with E-state index in [2.05, 4.69) is 26.7 Å². The molecule has 7 nitrogen and oxygen atoms in total. The van der Waals surface area contributed by atoms with E-state index in [1.165, 1.54) is 17.8 Å². The van der Waals surface area contributed by atoms with E-state index >= 15 is 0 Å². The van der Waals surface area contributed by atoms with Crippen LogP contribution >= 0.6 is 0 Å². The predicted molar refractivity (Wildman–Crippen MR) is 119 cm³/mol. The fraction of sp³-hybridized carbons (Fsp3) is 0.250. The van der Waals surface area contributed by atoms with Crippen molar-refractivity contribution in [2.24, 2.45) is 0 Å². The fourth-order valence-electron chi connectivity index (χ4n) is 4.73. The van der Waals surface area contributed by atoms with Gasteiger partial charge in [0, 0.05) is 55.4 Å². The molecule has 3 aromatic heterocycles. The quantitative estimate of drug-likeness (QED) is 0.449. The van der Waals surface area contributed by atoms with E-state index in [-0.39, 0.29) is 11.7 Å². The number of carbonyl (C=O) groups is 1. The molecule has 8 heteroatoms. The zero-order chi connectivity index (χ0) is 21.7. The van der Waals surface area contributed by atoms with Crippen molar-refractivity contribution >= 4 is 22.9 Å². The summed E-state index contributed by atoms with van der Waals surface area (Å²) in [4.78, 5) is 20.4. The third-order valence-corrected chi connectivity index (χ3v) is 6.36. The summed E-state index contributed by atoms with van der Waals surface area (Å²) in [6.45, 7) is 2.02. The molecule has 32 heavy (non-hydrogen) atoms. The Morgan fingerprint density at radius 3 is 2.94 bits per heavy atom. The maximum atomic E-state index is 13.6. The number of imidazole rings is 1. The summed E-state index contributed by atoms with van der Waals surface area (Å²) in [5.41, 5.74) is 6.66. The number of rotatable bonds is 4. The highest BCUT2D eigenvalue weighted by atomic mass is 19.1. The van der Waals surface area contributed by atoms with Crippen molar-refractivity contribution in [1.82, 2.24) is 19.7 Å². The molecule has 0 spiro atoms. The molecule has 1 amide bonds. The molecule has 0 bridgehead atoms. The van der Waals surface area contributed by atoms with E-state index < -0.39 is 0 Å². The molecule has 2 aliphatic heterocycles. The summed E-state index contributed by atoms with van der Waals surface area (Å²) < 4.78 is 20.9. The first-order chi connectivity index (χ1) is 15.7. The first kappa shape index (κ1) is 19.1. The van der Waals surface area contributed by atoms with Crippen LogP contribution in [-0.2, 0) is 11.3 Å². The molecule has 4 aromatic rings. The highest BCUT2D eigenvalue weighted by Crippen LogP contribution is 2.36. The van der Waals surface area contributed by atoms with E-state index in [1.807, 2.05) is 22.7 Å². The molecular weight excluding hydrogens is 409 g/mol. The Balaban J connectivity index is 1.36. The number of H-pyrrole nitrogens is 1. The van der Waals surface area contributed by atoms with Crippen LogP contribution in [0.4, 0.5) is 15.8 Å². The topological polar surface area (TPSA) is 83.5 Å². The second-order valence-corrected chi connectivity index (χ2v) is 8.27. The molecule has 0 atom stereocenters. The third-order valence-electron chi connectivity index (χ3n) is 6.36. The number of nitrogens with one attached hydrogen (secondary N) is 3. The Labute approximate surface area is 183 Å². The van der Waals surface area contributed by atoms with Gasteiger partial charge in [-0.2, -0.15) is 0 Å². The summed E-state index contributed by atoms with van der Waals surface area (Å²) in [6.07, 6.45) is 7.34. The predicted octanol–water partition coefficient (Wildman–Crippen LogP) is 4.35. The molecule has 5 heterocycles. The molecule has 0 saturated carbocycles. The van der Waals surface area contributed by atoms with Crippen LogP contribution in [0.2, 0.25) is 0 Å². The number of amides is 1. The van der Waals surface area contributed by atoms with Gasteiger partial charge in [0.2, 0.25) is 0 Å². The van der Waals surface area contributed by atoms with Gasteiger partial charge in [0.15, 0.2) is 0 Å². The molecule has 1 fully saturated rings. The average molecular weight is 431 g/mol. The van der Waals surface area contributed by atoms with Gasteiger partial charge < -0.3 is 20.4 Å². The number of carbonyl (C=O) groups excluding carboxylic acids is 1. The van der Waals surface area contributed by atoms with E-state index in [4.69, 9.17) is 4.74 Å². The van der Waals surface area contributed by atoms with Gasteiger partial charge in [0.1, 0.15) is 11.5 Å². The molecule has 0 unspecified atom stereocenters. The Hall–Kier alpha value is -3.65. The van der Waals surface area contributed by atoms with Gasteiger partial charge in [-0.25, -0.2) is 9.37 Å². The maximum Gasteiger partial charge on any atom is 0.254 e. The zero-order valence-corrected chi connectivity index (χ0v) is 17.3. The van der Waals surface area contributed by atoms with E-state index in [9.17, 15) is 9.18 Å². The smallest absolute Gasteiger partial charge is 0.254 e. The van der Waals surface area contributed by atoms with Crippen LogP contribution in [0.25, 0.3) is 16.9 Å². The summed E-state index contributed by atoms with van der Waals surface area (Å²) >= 11 is 0. The monoisotopic (exact) mass is 431 g/mol. The van der Waals surface area contributed by atoms with Crippen LogP contribution in [0.3, 0.4) is 0 Å². The number of hydrogen-bond donors (Lipinski definition) is 3. The summed E-state index contributed by atoms with van der Waals surface area (Å²) in [5.74, 6) is 0.0305. The number of hydrogen-bond acceptors (Lipinski definition) is 4. The molecule has 1 aromatic carbocycles. The Kier molecular flexibility index (Phi) is 4.46. The number of pyridine rings is 1. The lowest BCUT2D eigenvalue weighted by Crippen LogP contribution is -2.14. The average Bonchev–Trinajstić information content (AvgIpc) is 3.54. The van der Waals surface area contributed by atoms with Gasteiger partial charge in [-0.1, -0.05) is 6.07 Å². The fourth-order valence-corrected chi connectivity index (χ4v) is 4.73. The number of benzene rings is 1. The molecule has 0 radical (unpaired) electrons. The van der Waals surface area contributed by atoms with E-state index in [0.29, 0.717) is 23.7 Å². The molecule has 162 valence electrons. The van der Waals surface area contributed by atoms with Gasteiger partial charge >= 0.3 is 0 Å². The Morgan fingerprint density at radius 2 is 2.06 bits per heavy atom. The highest BCUT2D eigenvalue weighted by molar-refractivity contribution is 6.06. The van der Waals surface area contributed by atoms with Crippen LogP contribution < -0.4 is 10.6 Å². The highest BCUT2D eigenvalue weighted by Gasteiger charge is 2.27. The van der Waals surface area contributed by atoms with Crippen molar-refractivity contribution in [2.75, 3.05) is 18.5 Å². The normalized spacial score (nSPS) is 16.3. The number of anilines is 2. The first-order valence-electron chi connectivity index (χ1n) is 10.8. The minimum absolute atomic E-state index is 0.107. The second-order valence-electron chi connectivity index (χ2n) is 8.27. The van der Waals surface area contributed by atoms with E-state index in [0.717, 1.165) is 54.3 Å². The van der Waals surface area contributed by atoms with Gasteiger partial charge in [0.05, 0.1) is 28.8 Å². The number of aromatic nitrogens is 3. The summed E-state index contributed by atoms with van der Waals surface area (Å²) in [5, 5.41) is 6.35. The minimum Gasteiger partial charge on any atom is -0.381 e. The largest absolute Gasteiger partial charge is 0.381 e. The zero-order valence-electron chi connectivity index (χ0n) is 17.3. The number of nitrogens with zero attached hydrogens (tertiary/aromatic N) is 2. The molecular formula is C24H22FN5O2. The lowest BCUT2D eigenvalue weighted by Gasteiger charge is -2.20. The number of fused-ring (bicyclic) bond motifs is 2. The SMILES string of the molecule is O=C1NCc2c(-c3cnc4cc(F)ccn34)ccc(Nc3c[nH]c(C4CCOCC4)c3)c21. The standard InChI is InChI=1S/C24H22FN5O2/c25-15-3-6-30-21(13-27-22(30)9-15)17-1-2-19(23-18(17)12-28-24(23)31)29-16-10-20(26-11-16)14-4-7-32-8-5-14/h1-3,6,9-11,13-14,26,29H,4-5,7-8,12H2,(H,28,31). The van der Waals surface area contributed by atoms with Crippen molar-refractivity contribution in [2.45, 2.75) is 25.3 Å². The molecule has 1 saturated heterocycles. The second kappa shape index (κ2) is 7.49. The van der Waals surface area contributed by atoms with Crippen LogP contribution in [-0.4, -0.2) is 33.5 Å². The van der Waals surface area contributed by atoms with Crippen molar-refractivity contribution < 1.29 is 13.9 Å². The van der Waals surface area contributed by atoms with Gasteiger partial charge in [-0.15, -0.1) is 0 Å². The van der Waals surface area contributed by atoms with Gasteiger partial charge in [-0.3, -0.25) is 9.20 Å². The summed E-state index contributed by atoms with van der Waals surface area (Å²) in [6, 6.07) is 8.82. The molecule has 6 rings (SSSR count). The van der Waals surface area contributed by atoms with E-state index in [1.54, 1.807) is 12.4 Å². The minimum atomic E-state index is -0.331. The Bertz CT molecular complexity index is 1340. The molecule has 3 N–H and O–H groups in total. The third kappa shape index (κ3) is 3.15. The van der Waals surface area contributed by atoms with Gasteiger partial charge in [-0.05, 0) is 36.6 Å². The summed E-state index contributed by atoms with van der Waals surface area (Å²) in [7, 11) is 0.